The second-order valence-electron chi connectivity index (χ2n) is 4.19. The number of benzene rings is 2. The summed E-state index contributed by atoms with van der Waals surface area (Å²) in [6.07, 6.45) is -0.762. The van der Waals surface area contributed by atoms with E-state index < -0.39 is 6.10 Å². The molecular formula is C15H14BrIO3. The molecule has 0 aliphatic heterocycles. The molecule has 0 aliphatic rings. The molecule has 1 atom stereocenters. The zero-order valence-electron chi connectivity index (χ0n) is 11.1. The Morgan fingerprint density at radius 1 is 1.10 bits per heavy atom. The summed E-state index contributed by atoms with van der Waals surface area (Å²) in [6.45, 7) is 0. The number of methoxy groups -OCH3 is 2. The smallest absolute Gasteiger partial charge is 0.133 e. The zero-order chi connectivity index (χ0) is 14.7. The molecule has 0 saturated carbocycles. The van der Waals surface area contributed by atoms with Crippen LogP contribution in [-0.4, -0.2) is 19.3 Å². The van der Waals surface area contributed by atoms with Crippen LogP contribution in [0.2, 0.25) is 0 Å². The fourth-order valence-electron chi connectivity index (χ4n) is 1.95. The SMILES string of the molecule is COc1cc(C(O)c2cccc(I)c2)c(OC)cc1Br. The van der Waals surface area contributed by atoms with Gasteiger partial charge in [0.2, 0.25) is 0 Å². The fourth-order valence-corrected chi connectivity index (χ4v) is 3.01. The standard InChI is InChI=1S/C15H14BrIO3/c1-19-13-8-12(16)14(20-2)7-11(13)15(18)9-4-3-5-10(17)6-9/h3-8,15,18H,1-2H3. The third-order valence-electron chi connectivity index (χ3n) is 2.96. The Labute approximate surface area is 140 Å². The molecular weight excluding hydrogens is 435 g/mol. The summed E-state index contributed by atoms with van der Waals surface area (Å²) < 4.78 is 12.5. The van der Waals surface area contributed by atoms with Crippen molar-refractivity contribution < 1.29 is 14.6 Å². The van der Waals surface area contributed by atoms with Gasteiger partial charge in [-0.15, -0.1) is 0 Å². The second kappa shape index (κ2) is 6.78. The highest BCUT2D eigenvalue weighted by molar-refractivity contribution is 14.1. The summed E-state index contributed by atoms with van der Waals surface area (Å²) in [7, 11) is 3.17. The molecule has 0 saturated heterocycles. The van der Waals surface area contributed by atoms with Crippen molar-refractivity contribution in [1.29, 1.82) is 0 Å². The first-order valence-corrected chi connectivity index (χ1v) is 7.79. The van der Waals surface area contributed by atoms with Gasteiger partial charge in [0.1, 0.15) is 17.6 Å². The number of halogens is 2. The third-order valence-corrected chi connectivity index (χ3v) is 4.25. The average molecular weight is 449 g/mol. The van der Waals surface area contributed by atoms with Gasteiger partial charge >= 0.3 is 0 Å². The van der Waals surface area contributed by atoms with E-state index in [-0.39, 0.29) is 0 Å². The first kappa shape index (κ1) is 15.6. The van der Waals surface area contributed by atoms with Crippen LogP contribution in [0.5, 0.6) is 11.5 Å². The maximum Gasteiger partial charge on any atom is 0.133 e. The summed E-state index contributed by atoms with van der Waals surface area (Å²) in [4.78, 5) is 0. The van der Waals surface area contributed by atoms with Crippen molar-refractivity contribution in [1.82, 2.24) is 0 Å². The number of rotatable bonds is 4. The van der Waals surface area contributed by atoms with Gasteiger partial charge in [0, 0.05) is 9.13 Å². The largest absolute Gasteiger partial charge is 0.496 e. The Bertz CT molecular complexity index is 616. The number of hydrogen-bond acceptors (Lipinski definition) is 3. The van der Waals surface area contributed by atoms with Crippen LogP contribution in [0.15, 0.2) is 40.9 Å². The molecule has 2 aromatic carbocycles. The molecule has 0 heterocycles. The van der Waals surface area contributed by atoms with Crippen molar-refractivity contribution >= 4 is 38.5 Å². The molecule has 0 aromatic heterocycles. The summed E-state index contributed by atoms with van der Waals surface area (Å²) in [5.41, 5.74) is 1.49. The molecule has 2 aromatic rings. The van der Waals surface area contributed by atoms with Crippen molar-refractivity contribution in [3.05, 3.63) is 55.6 Å². The lowest BCUT2D eigenvalue weighted by Crippen LogP contribution is -2.03. The van der Waals surface area contributed by atoms with E-state index in [4.69, 9.17) is 9.47 Å². The van der Waals surface area contributed by atoms with Gasteiger partial charge in [-0.05, 0) is 68.3 Å². The number of aliphatic hydroxyl groups excluding tert-OH is 1. The summed E-state index contributed by atoms with van der Waals surface area (Å²) in [5, 5.41) is 10.6. The van der Waals surface area contributed by atoms with E-state index in [9.17, 15) is 5.11 Å². The van der Waals surface area contributed by atoms with E-state index in [2.05, 4.69) is 38.5 Å². The first-order chi connectivity index (χ1) is 9.56. The monoisotopic (exact) mass is 448 g/mol. The normalized spacial score (nSPS) is 12.1. The van der Waals surface area contributed by atoms with Crippen LogP contribution in [0.25, 0.3) is 0 Å². The van der Waals surface area contributed by atoms with Gasteiger partial charge in [-0.3, -0.25) is 0 Å². The van der Waals surface area contributed by atoms with Crippen molar-refractivity contribution in [3.8, 4) is 11.5 Å². The Balaban J connectivity index is 2.50. The van der Waals surface area contributed by atoms with E-state index in [1.54, 1.807) is 26.4 Å². The minimum atomic E-state index is -0.762. The van der Waals surface area contributed by atoms with Crippen LogP contribution in [0, 0.1) is 3.57 Å². The lowest BCUT2D eigenvalue weighted by molar-refractivity contribution is 0.214. The van der Waals surface area contributed by atoms with E-state index in [1.807, 2.05) is 24.3 Å². The summed E-state index contributed by atoms with van der Waals surface area (Å²) >= 11 is 5.63. The first-order valence-electron chi connectivity index (χ1n) is 5.91. The van der Waals surface area contributed by atoms with Gasteiger partial charge in [-0.1, -0.05) is 12.1 Å². The van der Waals surface area contributed by atoms with Crippen molar-refractivity contribution in [3.63, 3.8) is 0 Å². The highest BCUT2D eigenvalue weighted by Crippen LogP contribution is 2.38. The molecule has 0 spiro atoms. The number of hydrogen-bond donors (Lipinski definition) is 1. The Morgan fingerprint density at radius 2 is 1.80 bits per heavy atom. The quantitative estimate of drug-likeness (QED) is 0.714. The third kappa shape index (κ3) is 3.27. The van der Waals surface area contributed by atoms with Gasteiger partial charge in [-0.25, -0.2) is 0 Å². The Morgan fingerprint density at radius 3 is 2.40 bits per heavy atom. The van der Waals surface area contributed by atoms with Crippen LogP contribution in [-0.2, 0) is 0 Å². The van der Waals surface area contributed by atoms with Crippen molar-refractivity contribution in [2.75, 3.05) is 14.2 Å². The fraction of sp³-hybridized carbons (Fsp3) is 0.200. The minimum absolute atomic E-state index is 0.615. The van der Waals surface area contributed by atoms with Gasteiger partial charge in [0.25, 0.3) is 0 Å². The van der Waals surface area contributed by atoms with Crippen LogP contribution in [0.3, 0.4) is 0 Å². The molecule has 3 nitrogen and oxygen atoms in total. The van der Waals surface area contributed by atoms with E-state index in [1.165, 1.54) is 0 Å². The zero-order valence-corrected chi connectivity index (χ0v) is 14.8. The van der Waals surface area contributed by atoms with Crippen molar-refractivity contribution in [2.24, 2.45) is 0 Å². The molecule has 1 unspecified atom stereocenters. The topological polar surface area (TPSA) is 38.7 Å². The van der Waals surface area contributed by atoms with Crippen LogP contribution >= 0.6 is 38.5 Å². The molecule has 0 bridgehead atoms. The molecule has 0 amide bonds. The van der Waals surface area contributed by atoms with Crippen LogP contribution < -0.4 is 9.47 Å². The Kier molecular flexibility index (Phi) is 5.29. The average Bonchev–Trinajstić information content (AvgIpc) is 2.46. The maximum absolute atomic E-state index is 10.6. The molecule has 20 heavy (non-hydrogen) atoms. The lowest BCUT2D eigenvalue weighted by atomic mass is 10.0. The molecule has 0 radical (unpaired) electrons. The molecule has 0 fully saturated rings. The molecule has 106 valence electrons. The minimum Gasteiger partial charge on any atom is -0.496 e. The van der Waals surface area contributed by atoms with Gasteiger partial charge in [0.15, 0.2) is 0 Å². The van der Waals surface area contributed by atoms with Crippen molar-refractivity contribution in [2.45, 2.75) is 6.10 Å². The van der Waals surface area contributed by atoms with E-state index >= 15 is 0 Å². The highest BCUT2D eigenvalue weighted by atomic mass is 127. The molecule has 2 rings (SSSR count). The van der Waals surface area contributed by atoms with Gasteiger partial charge in [0.05, 0.1) is 18.7 Å². The van der Waals surface area contributed by atoms with E-state index in [0.717, 1.165) is 13.6 Å². The summed E-state index contributed by atoms with van der Waals surface area (Å²) in [6, 6.07) is 11.3. The van der Waals surface area contributed by atoms with Crippen LogP contribution in [0.1, 0.15) is 17.2 Å². The molecule has 5 heteroatoms. The predicted molar refractivity (Wildman–Crippen MR) is 90.5 cm³/mol. The van der Waals surface area contributed by atoms with Gasteiger partial charge in [-0.2, -0.15) is 0 Å². The Hall–Kier alpha value is -0.790. The van der Waals surface area contributed by atoms with E-state index in [0.29, 0.717) is 17.1 Å². The molecule has 1 N–H and O–H groups in total. The lowest BCUT2D eigenvalue weighted by Gasteiger charge is -2.17. The van der Waals surface area contributed by atoms with Gasteiger partial charge < -0.3 is 14.6 Å². The highest BCUT2D eigenvalue weighted by Gasteiger charge is 2.18. The van der Waals surface area contributed by atoms with Crippen LogP contribution in [0.4, 0.5) is 0 Å². The molecule has 0 aliphatic carbocycles. The number of ether oxygens (including phenoxy) is 2. The number of aliphatic hydroxyl groups is 1. The predicted octanol–water partition coefficient (Wildman–Crippen LogP) is 4.15. The second-order valence-corrected chi connectivity index (χ2v) is 6.29. The maximum atomic E-state index is 10.6. The summed E-state index contributed by atoms with van der Waals surface area (Å²) in [5.74, 6) is 1.27.